The molecule has 2 aromatic heterocycles. The highest BCUT2D eigenvalue weighted by Crippen LogP contribution is 2.27. The van der Waals surface area contributed by atoms with Crippen LogP contribution in [0.15, 0.2) is 59.4 Å². The Labute approximate surface area is 173 Å². The first-order valence-corrected chi connectivity index (χ1v) is 9.79. The van der Waals surface area contributed by atoms with Crippen molar-refractivity contribution in [3.8, 4) is 17.3 Å². The summed E-state index contributed by atoms with van der Waals surface area (Å²) in [5.74, 6) is -0.175. The van der Waals surface area contributed by atoms with E-state index in [9.17, 15) is 18.0 Å². The molecule has 0 bridgehead atoms. The fourth-order valence-electron chi connectivity index (χ4n) is 3.02. The Morgan fingerprint density at radius 2 is 1.90 bits per heavy atom. The summed E-state index contributed by atoms with van der Waals surface area (Å²) in [5, 5.41) is 4.48. The molecule has 0 aliphatic rings. The minimum atomic E-state index is -4.81. The standard InChI is InChI=1S/C20H15F3N4O2S/c21-20(22,23)29-17-8-4-1-5-13(17)9-24-18(28)10-27-16-7-3-2-6-14(16)26-19(27)15-11-30-12-25-15/h1-8,11-12H,9-10H2,(H,24,28). The third-order valence-electron chi connectivity index (χ3n) is 4.29. The molecule has 1 amide bonds. The summed E-state index contributed by atoms with van der Waals surface area (Å²) in [6, 6.07) is 13.1. The topological polar surface area (TPSA) is 69.0 Å². The molecule has 0 aliphatic heterocycles. The first-order chi connectivity index (χ1) is 14.4. The van der Waals surface area contributed by atoms with Gasteiger partial charge in [-0.25, -0.2) is 9.97 Å². The first-order valence-electron chi connectivity index (χ1n) is 8.85. The summed E-state index contributed by atoms with van der Waals surface area (Å²) in [7, 11) is 0. The summed E-state index contributed by atoms with van der Waals surface area (Å²) in [6.45, 7) is -0.167. The Morgan fingerprint density at radius 1 is 1.13 bits per heavy atom. The zero-order valence-corrected chi connectivity index (χ0v) is 16.2. The second kappa shape index (κ2) is 8.15. The molecular weight excluding hydrogens is 417 g/mol. The molecule has 0 aliphatic carbocycles. The molecule has 4 aromatic rings. The van der Waals surface area contributed by atoms with Crippen LogP contribution in [0.2, 0.25) is 0 Å². The zero-order chi connectivity index (χ0) is 21.1. The SMILES string of the molecule is O=C(Cn1c(-c2cscn2)nc2ccccc21)NCc1ccccc1OC(F)(F)F. The van der Waals surface area contributed by atoms with Gasteiger partial charge in [-0.05, 0) is 18.2 Å². The maximum atomic E-state index is 12.6. The van der Waals surface area contributed by atoms with Gasteiger partial charge < -0.3 is 14.6 Å². The van der Waals surface area contributed by atoms with Crippen LogP contribution < -0.4 is 10.1 Å². The fourth-order valence-corrected chi connectivity index (χ4v) is 3.55. The van der Waals surface area contributed by atoms with Crippen LogP contribution in [0.1, 0.15) is 5.56 Å². The number of nitrogens with one attached hydrogen (secondary N) is 1. The molecule has 0 unspecified atom stereocenters. The van der Waals surface area contributed by atoms with Crippen LogP contribution >= 0.6 is 11.3 Å². The molecule has 154 valence electrons. The van der Waals surface area contributed by atoms with E-state index in [0.29, 0.717) is 11.5 Å². The first kappa shape index (κ1) is 19.9. The average molecular weight is 432 g/mol. The predicted octanol–water partition coefficient (Wildman–Crippen LogP) is 4.37. The highest BCUT2D eigenvalue weighted by molar-refractivity contribution is 7.07. The van der Waals surface area contributed by atoms with Gasteiger partial charge in [0.25, 0.3) is 0 Å². The summed E-state index contributed by atoms with van der Waals surface area (Å²) in [5.41, 5.74) is 4.02. The number of nitrogens with zero attached hydrogens (tertiary/aromatic N) is 3. The van der Waals surface area contributed by atoms with Crippen LogP contribution in [0.3, 0.4) is 0 Å². The Balaban J connectivity index is 1.53. The van der Waals surface area contributed by atoms with Crippen molar-refractivity contribution in [2.45, 2.75) is 19.5 Å². The molecule has 0 saturated heterocycles. The monoisotopic (exact) mass is 432 g/mol. The van der Waals surface area contributed by atoms with Crippen LogP contribution in [-0.2, 0) is 17.9 Å². The van der Waals surface area contributed by atoms with Crippen LogP contribution in [-0.4, -0.2) is 26.8 Å². The number of benzene rings is 2. The number of carbonyl (C=O) groups excluding carboxylic acids is 1. The van der Waals surface area contributed by atoms with E-state index in [1.54, 1.807) is 16.1 Å². The van der Waals surface area contributed by atoms with Crippen LogP contribution in [0.4, 0.5) is 13.2 Å². The van der Waals surface area contributed by atoms with Crippen LogP contribution in [0.25, 0.3) is 22.6 Å². The molecule has 0 radical (unpaired) electrons. The van der Waals surface area contributed by atoms with Gasteiger partial charge in [0, 0.05) is 17.5 Å². The van der Waals surface area contributed by atoms with E-state index in [-0.39, 0.29) is 30.3 Å². The van der Waals surface area contributed by atoms with E-state index < -0.39 is 6.36 Å². The Bertz CT molecular complexity index is 1170. The van der Waals surface area contributed by atoms with Gasteiger partial charge in [-0.15, -0.1) is 24.5 Å². The van der Waals surface area contributed by atoms with Crippen molar-refractivity contribution in [1.29, 1.82) is 0 Å². The van der Waals surface area contributed by atoms with Crippen molar-refractivity contribution in [1.82, 2.24) is 19.9 Å². The van der Waals surface area contributed by atoms with Crippen molar-refractivity contribution in [3.05, 3.63) is 65.0 Å². The maximum absolute atomic E-state index is 12.6. The Kier molecular flexibility index (Phi) is 5.40. The van der Waals surface area contributed by atoms with Gasteiger partial charge in [0.2, 0.25) is 5.91 Å². The largest absolute Gasteiger partial charge is 0.573 e. The van der Waals surface area contributed by atoms with E-state index in [1.165, 1.54) is 29.5 Å². The lowest BCUT2D eigenvalue weighted by Crippen LogP contribution is -2.28. The van der Waals surface area contributed by atoms with E-state index >= 15 is 0 Å². The lowest BCUT2D eigenvalue weighted by Gasteiger charge is -2.14. The number of aromatic nitrogens is 3. The molecular formula is C20H15F3N4O2S. The van der Waals surface area contributed by atoms with Gasteiger partial charge in [-0.3, -0.25) is 4.79 Å². The minimum absolute atomic E-state index is 0.0599. The van der Waals surface area contributed by atoms with Gasteiger partial charge in [-0.2, -0.15) is 0 Å². The lowest BCUT2D eigenvalue weighted by atomic mass is 10.2. The number of imidazole rings is 1. The number of thiazole rings is 1. The third kappa shape index (κ3) is 4.43. The number of hydrogen-bond acceptors (Lipinski definition) is 5. The second-order valence-electron chi connectivity index (χ2n) is 6.32. The molecule has 0 saturated carbocycles. The zero-order valence-electron chi connectivity index (χ0n) is 15.4. The average Bonchev–Trinajstić information content (AvgIpc) is 3.34. The smallest absolute Gasteiger partial charge is 0.405 e. The highest BCUT2D eigenvalue weighted by Gasteiger charge is 2.32. The van der Waals surface area contributed by atoms with Crippen LogP contribution in [0.5, 0.6) is 5.75 Å². The van der Waals surface area contributed by atoms with Gasteiger partial charge in [0.1, 0.15) is 18.0 Å². The molecule has 10 heteroatoms. The number of alkyl halides is 3. The summed E-state index contributed by atoms with van der Waals surface area (Å²) >= 11 is 1.41. The Morgan fingerprint density at radius 3 is 2.67 bits per heavy atom. The molecule has 4 rings (SSSR count). The number of hydrogen-bond donors (Lipinski definition) is 1. The normalized spacial score (nSPS) is 11.6. The summed E-state index contributed by atoms with van der Waals surface area (Å²) in [4.78, 5) is 21.4. The molecule has 2 heterocycles. The van der Waals surface area contributed by atoms with Crippen molar-refractivity contribution in [3.63, 3.8) is 0 Å². The lowest BCUT2D eigenvalue weighted by molar-refractivity contribution is -0.274. The van der Waals surface area contributed by atoms with E-state index in [0.717, 1.165) is 11.0 Å². The molecule has 1 N–H and O–H groups in total. The maximum Gasteiger partial charge on any atom is 0.573 e. The second-order valence-corrected chi connectivity index (χ2v) is 7.03. The molecule has 6 nitrogen and oxygen atoms in total. The third-order valence-corrected chi connectivity index (χ3v) is 4.88. The molecule has 0 spiro atoms. The van der Waals surface area contributed by atoms with Gasteiger partial charge >= 0.3 is 6.36 Å². The number of amides is 1. The van der Waals surface area contributed by atoms with E-state index in [4.69, 9.17) is 0 Å². The highest BCUT2D eigenvalue weighted by atomic mass is 32.1. The number of carbonyl (C=O) groups is 1. The van der Waals surface area contributed by atoms with Gasteiger partial charge in [0.15, 0.2) is 5.82 Å². The molecule has 2 aromatic carbocycles. The van der Waals surface area contributed by atoms with Gasteiger partial charge in [-0.1, -0.05) is 30.3 Å². The molecule has 30 heavy (non-hydrogen) atoms. The number of ether oxygens (including phenoxy) is 1. The van der Waals surface area contributed by atoms with E-state index in [1.807, 2.05) is 29.6 Å². The number of para-hydroxylation sites is 3. The predicted molar refractivity (Wildman–Crippen MR) is 106 cm³/mol. The number of fused-ring (bicyclic) bond motifs is 1. The van der Waals surface area contributed by atoms with Crippen molar-refractivity contribution >= 4 is 28.3 Å². The van der Waals surface area contributed by atoms with Crippen molar-refractivity contribution < 1.29 is 22.7 Å². The fraction of sp³-hybridized carbons (Fsp3) is 0.150. The van der Waals surface area contributed by atoms with Crippen molar-refractivity contribution in [2.75, 3.05) is 0 Å². The van der Waals surface area contributed by atoms with Crippen molar-refractivity contribution in [2.24, 2.45) is 0 Å². The van der Waals surface area contributed by atoms with Gasteiger partial charge in [0.05, 0.1) is 16.5 Å². The quantitative estimate of drug-likeness (QED) is 0.491. The van der Waals surface area contributed by atoms with E-state index in [2.05, 4.69) is 20.0 Å². The van der Waals surface area contributed by atoms with Crippen LogP contribution in [0, 0.1) is 0 Å². The Hall–Kier alpha value is -3.40. The number of halogens is 3. The molecule has 0 fully saturated rings. The summed E-state index contributed by atoms with van der Waals surface area (Å²) in [6.07, 6.45) is -4.81. The summed E-state index contributed by atoms with van der Waals surface area (Å²) < 4.78 is 43.5. The minimum Gasteiger partial charge on any atom is -0.405 e. The number of rotatable bonds is 6. The molecule has 0 atom stereocenters.